The maximum Gasteiger partial charge on any atom is 0.402 e. The lowest BCUT2D eigenvalue weighted by Gasteiger charge is -1.97. The molecule has 0 aliphatic rings. The predicted molar refractivity (Wildman–Crippen MR) is 62.2 cm³/mol. The first-order valence-electron chi connectivity index (χ1n) is 4.28. The van der Waals surface area contributed by atoms with Crippen LogP contribution in [-0.4, -0.2) is 22.3 Å². The Bertz CT molecular complexity index is 350. The van der Waals surface area contributed by atoms with Crippen LogP contribution in [0.4, 0.5) is 4.79 Å². The van der Waals surface area contributed by atoms with Gasteiger partial charge in [0.25, 0.3) is 0 Å². The molecule has 1 aromatic carbocycles. The van der Waals surface area contributed by atoms with Crippen LogP contribution in [-0.2, 0) is 6.42 Å². The van der Waals surface area contributed by atoms with E-state index in [0.717, 1.165) is 12.0 Å². The van der Waals surface area contributed by atoms with Gasteiger partial charge in [-0.1, -0.05) is 19.1 Å². The first kappa shape index (κ1) is 16.7. The average Bonchev–Trinajstić information content (AvgIpc) is 2.17. The van der Waals surface area contributed by atoms with Crippen LogP contribution >= 0.6 is 12.4 Å². The van der Waals surface area contributed by atoms with Gasteiger partial charge in [0.1, 0.15) is 0 Å². The van der Waals surface area contributed by atoms with E-state index in [2.05, 4.69) is 5.73 Å². The summed E-state index contributed by atoms with van der Waals surface area (Å²) < 4.78 is 0. The third-order valence-corrected chi connectivity index (χ3v) is 1.58. The van der Waals surface area contributed by atoms with Crippen LogP contribution in [0.1, 0.15) is 22.8 Å². The Morgan fingerprint density at radius 2 is 1.81 bits per heavy atom. The fraction of sp³-hybridized carbons (Fsp3) is 0.200. The summed E-state index contributed by atoms with van der Waals surface area (Å²) in [5, 5.41) is 15.8. The lowest BCUT2D eigenvalue weighted by Crippen LogP contribution is -2.03. The van der Waals surface area contributed by atoms with Gasteiger partial charge < -0.3 is 15.9 Å². The zero-order valence-electron chi connectivity index (χ0n) is 8.71. The monoisotopic (exact) mass is 247 g/mol. The van der Waals surface area contributed by atoms with Crippen molar-refractivity contribution in [2.45, 2.75) is 13.3 Å². The lowest BCUT2D eigenvalue weighted by molar-refractivity contribution is 0.0696. The van der Waals surface area contributed by atoms with Gasteiger partial charge in [0, 0.05) is 0 Å². The Kier molecular flexibility index (Phi) is 8.91. The van der Waals surface area contributed by atoms with E-state index in [0.29, 0.717) is 5.56 Å². The number of benzene rings is 1. The van der Waals surface area contributed by atoms with Gasteiger partial charge in [0.05, 0.1) is 5.56 Å². The normalized spacial score (nSPS) is 8.06. The Morgan fingerprint density at radius 3 is 2.19 bits per heavy atom. The third-order valence-electron chi connectivity index (χ3n) is 1.58. The molecule has 1 rings (SSSR count). The van der Waals surface area contributed by atoms with Crippen LogP contribution in [0, 0.1) is 0 Å². The summed E-state index contributed by atoms with van der Waals surface area (Å²) in [6, 6.07) is 6.98. The summed E-state index contributed by atoms with van der Waals surface area (Å²) in [5.41, 5.74) is 5.45. The van der Waals surface area contributed by atoms with Crippen LogP contribution in [0.3, 0.4) is 0 Å². The van der Waals surface area contributed by atoms with Gasteiger partial charge in [-0.25, -0.2) is 9.59 Å². The summed E-state index contributed by atoms with van der Waals surface area (Å²) in [6.45, 7) is 2.00. The molecule has 0 aromatic heterocycles. The molecule has 1 amide bonds. The number of nitrogens with two attached hydrogens (primary N) is 1. The Labute approximate surface area is 99.3 Å². The number of carboxylic acids is 1. The molecule has 90 valence electrons. The SMILES string of the molecule is CCc1cccc(C(=O)O)c1.Cl.NC(=O)O. The number of carbonyl (C=O) groups is 2. The smallest absolute Gasteiger partial charge is 0.402 e. The van der Waals surface area contributed by atoms with Crippen LogP contribution in [0.15, 0.2) is 24.3 Å². The second-order valence-corrected chi connectivity index (χ2v) is 2.70. The molecule has 1 aromatic rings. The van der Waals surface area contributed by atoms with E-state index >= 15 is 0 Å². The van der Waals surface area contributed by atoms with Crippen molar-refractivity contribution in [3.8, 4) is 0 Å². The van der Waals surface area contributed by atoms with E-state index in [9.17, 15) is 4.79 Å². The molecule has 0 unspecified atom stereocenters. The van der Waals surface area contributed by atoms with Crippen molar-refractivity contribution in [3.63, 3.8) is 0 Å². The number of hydrogen-bond donors (Lipinski definition) is 3. The largest absolute Gasteiger partial charge is 0.478 e. The number of rotatable bonds is 2. The van der Waals surface area contributed by atoms with Crippen molar-refractivity contribution in [1.82, 2.24) is 0 Å². The van der Waals surface area contributed by atoms with Crippen molar-refractivity contribution < 1.29 is 19.8 Å². The maximum atomic E-state index is 10.5. The highest BCUT2D eigenvalue weighted by Crippen LogP contribution is 2.05. The Hall–Kier alpha value is -1.75. The van der Waals surface area contributed by atoms with E-state index in [4.69, 9.17) is 15.0 Å². The number of halogens is 1. The molecule has 0 bridgehead atoms. The number of carboxylic acid groups (broad SMARTS) is 2. The van der Waals surface area contributed by atoms with E-state index in [1.165, 1.54) is 0 Å². The number of aromatic carboxylic acids is 1. The van der Waals surface area contributed by atoms with Crippen LogP contribution in [0.25, 0.3) is 0 Å². The average molecular weight is 248 g/mol. The molecule has 0 radical (unpaired) electrons. The highest BCUT2D eigenvalue weighted by Gasteiger charge is 2.00. The Balaban J connectivity index is 0. The van der Waals surface area contributed by atoms with Gasteiger partial charge in [-0.15, -0.1) is 12.4 Å². The quantitative estimate of drug-likeness (QED) is 0.744. The molecule has 0 spiro atoms. The van der Waals surface area contributed by atoms with Crippen molar-refractivity contribution >= 4 is 24.5 Å². The number of primary amides is 1. The zero-order chi connectivity index (χ0) is 11.8. The summed E-state index contributed by atoms with van der Waals surface area (Å²) >= 11 is 0. The minimum atomic E-state index is -1.33. The molecule has 0 saturated carbocycles. The minimum Gasteiger partial charge on any atom is -0.478 e. The van der Waals surface area contributed by atoms with E-state index in [1.807, 2.05) is 13.0 Å². The van der Waals surface area contributed by atoms with Crippen molar-refractivity contribution in [2.75, 3.05) is 0 Å². The van der Waals surface area contributed by atoms with E-state index < -0.39 is 12.1 Å². The topological polar surface area (TPSA) is 101 Å². The van der Waals surface area contributed by atoms with Gasteiger partial charge in [0.2, 0.25) is 0 Å². The molecular formula is C10H14ClNO4. The number of amides is 1. The minimum absolute atomic E-state index is 0. The van der Waals surface area contributed by atoms with Crippen LogP contribution < -0.4 is 5.73 Å². The second kappa shape index (κ2) is 8.55. The molecular weight excluding hydrogens is 234 g/mol. The summed E-state index contributed by atoms with van der Waals surface area (Å²) in [5.74, 6) is -0.861. The molecule has 4 N–H and O–H groups in total. The summed E-state index contributed by atoms with van der Waals surface area (Å²) in [4.78, 5) is 19.2. The molecule has 0 heterocycles. The number of hydrogen-bond acceptors (Lipinski definition) is 2. The fourth-order valence-electron chi connectivity index (χ4n) is 0.924. The molecule has 6 heteroatoms. The molecule has 0 aliphatic heterocycles. The highest BCUT2D eigenvalue weighted by atomic mass is 35.5. The van der Waals surface area contributed by atoms with Gasteiger partial charge in [-0.3, -0.25) is 0 Å². The second-order valence-electron chi connectivity index (χ2n) is 2.70. The first-order valence-corrected chi connectivity index (χ1v) is 4.28. The first-order chi connectivity index (χ1) is 6.97. The van der Waals surface area contributed by atoms with Gasteiger partial charge in [0.15, 0.2) is 0 Å². The summed E-state index contributed by atoms with van der Waals surface area (Å²) in [6.07, 6.45) is -0.457. The predicted octanol–water partition coefficient (Wildman–Crippen LogP) is 1.99. The van der Waals surface area contributed by atoms with Crippen molar-refractivity contribution in [1.29, 1.82) is 0 Å². The maximum absolute atomic E-state index is 10.5. The summed E-state index contributed by atoms with van der Waals surface area (Å²) in [7, 11) is 0. The van der Waals surface area contributed by atoms with Crippen LogP contribution in [0.5, 0.6) is 0 Å². The van der Waals surface area contributed by atoms with Gasteiger partial charge in [-0.2, -0.15) is 0 Å². The number of aryl methyl sites for hydroxylation is 1. The fourth-order valence-corrected chi connectivity index (χ4v) is 0.924. The standard InChI is InChI=1S/C9H10O2.CH3NO2.ClH/c1-2-7-4-3-5-8(6-7)9(10)11;2-1(3)4;/h3-6H,2H2,1H3,(H,10,11);2H2,(H,3,4);1H. The zero-order valence-corrected chi connectivity index (χ0v) is 9.53. The van der Waals surface area contributed by atoms with Crippen molar-refractivity contribution in [2.24, 2.45) is 5.73 Å². The third kappa shape index (κ3) is 7.64. The van der Waals surface area contributed by atoms with E-state index in [-0.39, 0.29) is 12.4 Å². The van der Waals surface area contributed by atoms with Gasteiger partial charge >= 0.3 is 12.1 Å². The molecule has 0 saturated heterocycles. The Morgan fingerprint density at radius 1 is 1.31 bits per heavy atom. The molecule has 0 fully saturated rings. The lowest BCUT2D eigenvalue weighted by atomic mass is 10.1. The molecule has 16 heavy (non-hydrogen) atoms. The highest BCUT2D eigenvalue weighted by molar-refractivity contribution is 5.87. The molecule has 0 aliphatic carbocycles. The molecule has 0 atom stereocenters. The van der Waals surface area contributed by atoms with Gasteiger partial charge in [-0.05, 0) is 24.1 Å². The van der Waals surface area contributed by atoms with Crippen LogP contribution in [0.2, 0.25) is 0 Å². The van der Waals surface area contributed by atoms with E-state index in [1.54, 1.807) is 18.2 Å². The molecule has 5 nitrogen and oxygen atoms in total. The van der Waals surface area contributed by atoms with Crippen molar-refractivity contribution in [3.05, 3.63) is 35.4 Å².